The van der Waals surface area contributed by atoms with E-state index in [0.717, 1.165) is 4.31 Å². The van der Waals surface area contributed by atoms with Gasteiger partial charge in [-0.15, -0.1) is 0 Å². The van der Waals surface area contributed by atoms with Gasteiger partial charge in [-0.05, 0) is 60.7 Å². The zero-order valence-electron chi connectivity index (χ0n) is 16.7. The predicted octanol–water partition coefficient (Wildman–Crippen LogP) is 3.75. The number of ether oxygens (including phenoxy) is 3. The van der Waals surface area contributed by atoms with Crippen LogP contribution in [0.3, 0.4) is 0 Å². The highest BCUT2D eigenvalue weighted by molar-refractivity contribution is 7.92. The van der Waals surface area contributed by atoms with Crippen LogP contribution in [0, 0.1) is 0 Å². The van der Waals surface area contributed by atoms with Crippen molar-refractivity contribution in [2.75, 3.05) is 25.6 Å². The first-order chi connectivity index (χ1) is 14.4. The molecule has 3 aromatic carbocycles. The number of anilines is 1. The number of benzene rings is 3. The van der Waals surface area contributed by atoms with Gasteiger partial charge in [-0.25, -0.2) is 13.2 Å². The number of carbonyl (C=O) groups is 1. The topological polar surface area (TPSA) is 82.1 Å². The van der Waals surface area contributed by atoms with Gasteiger partial charge in [-0.2, -0.15) is 0 Å². The molecule has 0 saturated heterocycles. The van der Waals surface area contributed by atoms with Gasteiger partial charge in [0.15, 0.2) is 0 Å². The summed E-state index contributed by atoms with van der Waals surface area (Å²) >= 11 is 0. The van der Waals surface area contributed by atoms with E-state index in [1.165, 1.54) is 45.5 Å². The lowest BCUT2D eigenvalue weighted by atomic mass is 10.2. The van der Waals surface area contributed by atoms with Crippen LogP contribution in [-0.4, -0.2) is 35.7 Å². The van der Waals surface area contributed by atoms with Gasteiger partial charge in [-0.3, -0.25) is 4.31 Å². The fraction of sp³-hybridized carbons (Fsp3) is 0.136. The Morgan fingerprint density at radius 2 is 1.40 bits per heavy atom. The third-order valence-electron chi connectivity index (χ3n) is 4.46. The normalized spacial score (nSPS) is 10.9. The molecular weight excluding hydrogens is 406 g/mol. The summed E-state index contributed by atoms with van der Waals surface area (Å²) in [6.07, 6.45) is 0. The second kappa shape index (κ2) is 8.87. The molecule has 0 radical (unpaired) electrons. The first-order valence-corrected chi connectivity index (χ1v) is 10.4. The smallest absolute Gasteiger partial charge is 0.347 e. The molecule has 3 aromatic rings. The molecule has 7 nitrogen and oxygen atoms in total. The largest absolute Gasteiger partial charge is 0.497 e. The van der Waals surface area contributed by atoms with Crippen molar-refractivity contribution in [2.24, 2.45) is 0 Å². The van der Waals surface area contributed by atoms with Gasteiger partial charge < -0.3 is 14.2 Å². The molecule has 156 valence electrons. The summed E-state index contributed by atoms with van der Waals surface area (Å²) in [5.41, 5.74) is 0.714. The minimum absolute atomic E-state index is 0.137. The standard InChI is InChI=1S/C22H21NO6S/c1-23(30(25,26)19-14-12-17(27-2)13-15-19)16-8-10-18(11-9-16)29-22(24)20-6-4-5-7-21(20)28-3/h4-15H,1-3H3. The zero-order valence-corrected chi connectivity index (χ0v) is 17.5. The molecule has 3 rings (SSSR count). The van der Waals surface area contributed by atoms with Crippen LogP contribution in [0.1, 0.15) is 10.4 Å². The maximum absolute atomic E-state index is 12.8. The third kappa shape index (κ3) is 4.38. The van der Waals surface area contributed by atoms with Gasteiger partial charge in [0.25, 0.3) is 10.0 Å². The van der Waals surface area contributed by atoms with Crippen molar-refractivity contribution in [1.82, 2.24) is 0 Å². The molecule has 0 fully saturated rings. The highest BCUT2D eigenvalue weighted by Gasteiger charge is 2.21. The number of rotatable bonds is 7. The van der Waals surface area contributed by atoms with Crippen molar-refractivity contribution in [3.8, 4) is 17.2 Å². The van der Waals surface area contributed by atoms with E-state index in [-0.39, 0.29) is 10.6 Å². The van der Waals surface area contributed by atoms with E-state index in [1.54, 1.807) is 48.5 Å². The predicted molar refractivity (Wildman–Crippen MR) is 113 cm³/mol. The Bertz CT molecular complexity index is 1130. The Morgan fingerprint density at radius 1 is 0.800 bits per heavy atom. The Balaban J connectivity index is 1.76. The number of methoxy groups -OCH3 is 2. The van der Waals surface area contributed by atoms with Crippen LogP contribution >= 0.6 is 0 Å². The zero-order chi connectivity index (χ0) is 21.7. The van der Waals surface area contributed by atoms with Crippen molar-refractivity contribution in [2.45, 2.75) is 4.90 Å². The van der Waals surface area contributed by atoms with E-state index >= 15 is 0 Å². The Labute approximate surface area is 175 Å². The molecule has 0 bridgehead atoms. The molecule has 30 heavy (non-hydrogen) atoms. The number of para-hydroxylation sites is 1. The summed E-state index contributed by atoms with van der Waals surface area (Å²) in [7, 11) is 0.686. The summed E-state index contributed by atoms with van der Waals surface area (Å²) in [6.45, 7) is 0. The lowest BCUT2D eigenvalue weighted by Gasteiger charge is -2.20. The number of carbonyl (C=O) groups excluding carboxylic acids is 1. The number of hydrogen-bond acceptors (Lipinski definition) is 6. The first-order valence-electron chi connectivity index (χ1n) is 8.95. The molecule has 0 unspecified atom stereocenters. The second-order valence-corrected chi connectivity index (χ2v) is 8.20. The van der Waals surface area contributed by atoms with Crippen molar-refractivity contribution >= 4 is 21.7 Å². The third-order valence-corrected chi connectivity index (χ3v) is 6.26. The maximum atomic E-state index is 12.8. The first kappa shape index (κ1) is 21.2. The Hall–Kier alpha value is -3.52. The van der Waals surface area contributed by atoms with E-state index in [0.29, 0.717) is 22.7 Å². The van der Waals surface area contributed by atoms with E-state index in [2.05, 4.69) is 0 Å². The van der Waals surface area contributed by atoms with Crippen molar-refractivity contribution in [3.05, 3.63) is 78.4 Å². The number of esters is 1. The van der Waals surface area contributed by atoms with Crippen molar-refractivity contribution < 1.29 is 27.4 Å². The van der Waals surface area contributed by atoms with Crippen molar-refractivity contribution in [1.29, 1.82) is 0 Å². The fourth-order valence-corrected chi connectivity index (χ4v) is 3.94. The minimum atomic E-state index is -3.75. The van der Waals surface area contributed by atoms with Crippen LogP contribution < -0.4 is 18.5 Å². The minimum Gasteiger partial charge on any atom is -0.497 e. The molecule has 0 aliphatic rings. The molecule has 0 atom stereocenters. The number of hydrogen-bond donors (Lipinski definition) is 0. The van der Waals surface area contributed by atoms with E-state index in [9.17, 15) is 13.2 Å². The molecule has 0 N–H and O–H groups in total. The molecule has 0 aromatic heterocycles. The van der Waals surface area contributed by atoms with Crippen LogP contribution in [0.25, 0.3) is 0 Å². The van der Waals surface area contributed by atoms with Crippen LogP contribution in [0.2, 0.25) is 0 Å². The average Bonchev–Trinajstić information content (AvgIpc) is 2.79. The highest BCUT2D eigenvalue weighted by Crippen LogP contribution is 2.26. The average molecular weight is 427 g/mol. The molecule has 0 saturated carbocycles. The highest BCUT2D eigenvalue weighted by atomic mass is 32.2. The van der Waals surface area contributed by atoms with E-state index < -0.39 is 16.0 Å². The summed E-state index contributed by atoms with van der Waals surface area (Å²) in [4.78, 5) is 12.5. The van der Waals surface area contributed by atoms with Crippen LogP contribution in [0.4, 0.5) is 5.69 Å². The van der Waals surface area contributed by atoms with E-state index in [4.69, 9.17) is 14.2 Å². The quantitative estimate of drug-likeness (QED) is 0.422. The molecule has 0 aliphatic carbocycles. The molecule has 0 aliphatic heterocycles. The number of sulfonamides is 1. The monoisotopic (exact) mass is 427 g/mol. The van der Waals surface area contributed by atoms with Gasteiger partial charge in [0, 0.05) is 7.05 Å². The van der Waals surface area contributed by atoms with Crippen molar-refractivity contribution in [3.63, 3.8) is 0 Å². The molecule has 8 heteroatoms. The molecule has 0 heterocycles. The van der Waals surface area contributed by atoms with Gasteiger partial charge in [0.05, 0.1) is 24.8 Å². The maximum Gasteiger partial charge on any atom is 0.347 e. The number of nitrogens with zero attached hydrogens (tertiary/aromatic N) is 1. The Morgan fingerprint density at radius 3 is 2.00 bits per heavy atom. The molecule has 0 spiro atoms. The van der Waals surface area contributed by atoms with Gasteiger partial charge in [-0.1, -0.05) is 12.1 Å². The molecular formula is C22H21NO6S. The van der Waals surface area contributed by atoms with Crippen LogP contribution in [0.5, 0.6) is 17.2 Å². The molecule has 0 amide bonds. The fourth-order valence-electron chi connectivity index (χ4n) is 2.74. The van der Waals surface area contributed by atoms with Gasteiger partial charge in [0.2, 0.25) is 0 Å². The SMILES string of the molecule is COc1ccc(S(=O)(=O)N(C)c2ccc(OC(=O)c3ccccc3OC)cc2)cc1. The van der Waals surface area contributed by atoms with Crippen LogP contribution in [-0.2, 0) is 10.0 Å². The van der Waals surface area contributed by atoms with Gasteiger partial charge in [0.1, 0.15) is 22.8 Å². The summed E-state index contributed by atoms with van der Waals surface area (Å²) in [6, 6.07) is 19.0. The summed E-state index contributed by atoms with van der Waals surface area (Å²) < 4.78 is 42.4. The lowest BCUT2D eigenvalue weighted by molar-refractivity contribution is 0.0731. The Kier molecular flexibility index (Phi) is 6.27. The van der Waals surface area contributed by atoms with Crippen LogP contribution in [0.15, 0.2) is 77.7 Å². The van der Waals surface area contributed by atoms with E-state index in [1.807, 2.05) is 0 Å². The summed E-state index contributed by atoms with van der Waals surface area (Å²) in [5, 5.41) is 0. The summed E-state index contributed by atoms with van der Waals surface area (Å²) in [5.74, 6) is 0.687. The lowest BCUT2D eigenvalue weighted by Crippen LogP contribution is -2.26. The second-order valence-electron chi connectivity index (χ2n) is 6.23. The van der Waals surface area contributed by atoms with Gasteiger partial charge >= 0.3 is 5.97 Å².